The lowest BCUT2D eigenvalue weighted by Crippen LogP contribution is -2.11. The average molecular weight is 424 g/mol. The molecule has 0 N–H and O–H groups in total. The predicted molar refractivity (Wildman–Crippen MR) is 96.9 cm³/mol. The Labute approximate surface area is 167 Å². The minimum Gasteiger partial charge on any atom is -0.360 e. The molecule has 1 aliphatic carbocycles. The minimum atomic E-state index is -4.78. The van der Waals surface area contributed by atoms with E-state index in [1.807, 2.05) is 0 Å². The van der Waals surface area contributed by atoms with Gasteiger partial charge in [0.25, 0.3) is 0 Å². The van der Waals surface area contributed by atoms with Crippen molar-refractivity contribution in [2.45, 2.75) is 24.9 Å². The van der Waals surface area contributed by atoms with E-state index in [-0.39, 0.29) is 27.4 Å². The van der Waals surface area contributed by atoms with E-state index in [0.29, 0.717) is 16.9 Å². The molecule has 2 heterocycles. The van der Waals surface area contributed by atoms with E-state index in [0.717, 1.165) is 18.9 Å². The number of hydrogen-bond donors (Lipinski definition) is 0. The van der Waals surface area contributed by atoms with Crippen LogP contribution in [0, 0.1) is 11.3 Å². The monoisotopic (exact) mass is 423 g/mol. The molecule has 0 atom stereocenters. The molecule has 1 aromatic carbocycles. The molecule has 3 aromatic rings. The Morgan fingerprint density at radius 3 is 2.32 bits per heavy atom. The molecule has 1 fully saturated rings. The summed E-state index contributed by atoms with van der Waals surface area (Å²) < 4.78 is 45.6. The summed E-state index contributed by atoms with van der Waals surface area (Å²) in [6.45, 7) is 0. The Morgan fingerprint density at radius 1 is 1.07 bits per heavy atom. The highest BCUT2D eigenvalue weighted by atomic mass is 35.5. The van der Waals surface area contributed by atoms with Crippen LogP contribution in [0.5, 0.6) is 0 Å². The molecule has 4 rings (SSSR count). The third-order valence-electron chi connectivity index (χ3n) is 4.41. The summed E-state index contributed by atoms with van der Waals surface area (Å²) in [4.78, 5) is 3.74. The maximum Gasteiger partial charge on any atom is 0.434 e. The van der Waals surface area contributed by atoms with Crippen LogP contribution in [-0.4, -0.2) is 10.1 Å². The Kier molecular flexibility index (Phi) is 4.56. The molecule has 1 saturated carbocycles. The van der Waals surface area contributed by atoms with Gasteiger partial charge in [-0.05, 0) is 37.1 Å². The standard InChI is InChI=1S/C19H10Cl2F3N3O/c20-11-2-1-3-12(21)14(11)16-15(17(28-27-16)9-4-5-9)13-7-6-10(8-25)18(26-13)19(22,23)24/h1-3,6-7,9H,4-5H2. The molecule has 28 heavy (non-hydrogen) atoms. The third-order valence-corrected chi connectivity index (χ3v) is 5.04. The largest absolute Gasteiger partial charge is 0.434 e. The molecule has 9 heteroatoms. The number of halogens is 5. The Morgan fingerprint density at radius 2 is 1.75 bits per heavy atom. The fourth-order valence-electron chi connectivity index (χ4n) is 2.97. The van der Waals surface area contributed by atoms with E-state index >= 15 is 0 Å². The molecule has 0 spiro atoms. The molecule has 4 nitrogen and oxygen atoms in total. The van der Waals surface area contributed by atoms with Gasteiger partial charge in [-0.15, -0.1) is 0 Å². The lowest BCUT2D eigenvalue weighted by atomic mass is 10.00. The first-order valence-corrected chi connectivity index (χ1v) is 8.99. The number of alkyl halides is 3. The lowest BCUT2D eigenvalue weighted by molar-refractivity contribution is -0.141. The van der Waals surface area contributed by atoms with Crippen LogP contribution in [0.2, 0.25) is 10.0 Å². The van der Waals surface area contributed by atoms with Crippen LogP contribution < -0.4 is 0 Å². The number of nitriles is 1. The fraction of sp³-hybridized carbons (Fsp3) is 0.211. The van der Waals surface area contributed by atoms with Crippen LogP contribution in [0.25, 0.3) is 22.5 Å². The van der Waals surface area contributed by atoms with Crippen molar-refractivity contribution >= 4 is 23.2 Å². The van der Waals surface area contributed by atoms with E-state index in [1.165, 1.54) is 12.1 Å². The first kappa shape index (κ1) is 18.8. The van der Waals surface area contributed by atoms with Crippen molar-refractivity contribution in [2.75, 3.05) is 0 Å². The molecule has 0 radical (unpaired) electrons. The molecular weight excluding hydrogens is 414 g/mol. The van der Waals surface area contributed by atoms with Crippen LogP contribution in [-0.2, 0) is 6.18 Å². The minimum absolute atomic E-state index is 0.000427. The van der Waals surface area contributed by atoms with E-state index in [2.05, 4.69) is 10.1 Å². The summed E-state index contributed by atoms with van der Waals surface area (Å²) >= 11 is 12.5. The predicted octanol–water partition coefficient (Wildman–Crippen LogP) is 6.48. The molecule has 0 aliphatic heterocycles. The molecule has 0 unspecified atom stereocenters. The van der Waals surface area contributed by atoms with Gasteiger partial charge in [0.15, 0.2) is 5.69 Å². The van der Waals surface area contributed by atoms with Crippen molar-refractivity contribution in [3.05, 3.63) is 57.4 Å². The number of hydrogen-bond acceptors (Lipinski definition) is 4. The zero-order chi connectivity index (χ0) is 20.1. The summed E-state index contributed by atoms with van der Waals surface area (Å²) in [5, 5.41) is 13.6. The number of nitrogens with zero attached hydrogens (tertiary/aromatic N) is 3. The molecule has 0 amide bonds. The van der Waals surface area contributed by atoms with Gasteiger partial charge in [0.1, 0.15) is 17.5 Å². The van der Waals surface area contributed by atoms with Crippen molar-refractivity contribution in [3.8, 4) is 28.6 Å². The molecule has 0 saturated heterocycles. The van der Waals surface area contributed by atoms with Crippen LogP contribution in [0.15, 0.2) is 34.9 Å². The first-order valence-electron chi connectivity index (χ1n) is 8.24. The fourth-order valence-corrected chi connectivity index (χ4v) is 3.55. The number of benzene rings is 1. The molecular formula is C19H10Cl2F3N3O. The van der Waals surface area contributed by atoms with Crippen molar-refractivity contribution in [1.82, 2.24) is 10.1 Å². The van der Waals surface area contributed by atoms with Crippen molar-refractivity contribution in [1.29, 1.82) is 5.26 Å². The maximum atomic E-state index is 13.4. The Bertz CT molecular complexity index is 1090. The third kappa shape index (κ3) is 3.23. The van der Waals surface area contributed by atoms with E-state index in [9.17, 15) is 13.2 Å². The number of pyridine rings is 1. The Balaban J connectivity index is 1.98. The number of aromatic nitrogens is 2. The Hall–Kier alpha value is -2.56. The first-order chi connectivity index (χ1) is 13.3. The van der Waals surface area contributed by atoms with Crippen molar-refractivity contribution in [3.63, 3.8) is 0 Å². The zero-order valence-corrected chi connectivity index (χ0v) is 15.5. The van der Waals surface area contributed by atoms with Gasteiger partial charge in [0.05, 0.1) is 26.9 Å². The summed E-state index contributed by atoms with van der Waals surface area (Å²) in [5.41, 5.74) is -0.920. The molecule has 142 valence electrons. The SMILES string of the molecule is N#Cc1ccc(-c2c(-c3c(Cl)cccc3Cl)noc2C2CC2)nc1C(F)(F)F. The summed E-state index contributed by atoms with van der Waals surface area (Å²) in [6.07, 6.45) is -3.11. The second-order valence-electron chi connectivity index (χ2n) is 6.34. The van der Waals surface area contributed by atoms with Crippen LogP contribution >= 0.6 is 23.2 Å². The topological polar surface area (TPSA) is 62.7 Å². The molecule has 2 aromatic heterocycles. The van der Waals surface area contributed by atoms with Gasteiger partial charge >= 0.3 is 6.18 Å². The molecule has 1 aliphatic rings. The zero-order valence-electron chi connectivity index (χ0n) is 14.0. The van der Waals surface area contributed by atoms with E-state index in [1.54, 1.807) is 18.2 Å². The van der Waals surface area contributed by atoms with Crippen LogP contribution in [0.1, 0.15) is 35.8 Å². The van der Waals surface area contributed by atoms with Gasteiger partial charge in [0, 0.05) is 11.5 Å². The lowest BCUT2D eigenvalue weighted by Gasteiger charge is -2.11. The maximum absolute atomic E-state index is 13.4. The summed E-state index contributed by atoms with van der Waals surface area (Å²) in [6, 6.07) is 8.82. The van der Waals surface area contributed by atoms with Gasteiger partial charge in [-0.1, -0.05) is 34.4 Å². The normalized spacial score (nSPS) is 14.1. The highest BCUT2D eigenvalue weighted by Crippen LogP contribution is 2.49. The van der Waals surface area contributed by atoms with E-state index < -0.39 is 17.4 Å². The van der Waals surface area contributed by atoms with Gasteiger partial charge in [-0.2, -0.15) is 18.4 Å². The van der Waals surface area contributed by atoms with Gasteiger partial charge < -0.3 is 4.52 Å². The van der Waals surface area contributed by atoms with Crippen molar-refractivity contribution in [2.24, 2.45) is 0 Å². The van der Waals surface area contributed by atoms with E-state index in [4.69, 9.17) is 33.0 Å². The van der Waals surface area contributed by atoms with Crippen LogP contribution in [0.4, 0.5) is 13.2 Å². The smallest absolute Gasteiger partial charge is 0.360 e. The van der Waals surface area contributed by atoms with Gasteiger partial charge in [0.2, 0.25) is 0 Å². The summed E-state index contributed by atoms with van der Waals surface area (Å²) in [7, 11) is 0. The second kappa shape index (κ2) is 6.80. The van der Waals surface area contributed by atoms with Crippen LogP contribution in [0.3, 0.4) is 0 Å². The quantitative estimate of drug-likeness (QED) is 0.483. The van der Waals surface area contributed by atoms with Gasteiger partial charge in [-0.25, -0.2) is 4.98 Å². The highest BCUT2D eigenvalue weighted by Gasteiger charge is 2.38. The highest BCUT2D eigenvalue weighted by molar-refractivity contribution is 6.39. The number of rotatable bonds is 3. The molecule has 0 bridgehead atoms. The van der Waals surface area contributed by atoms with Gasteiger partial charge in [-0.3, -0.25) is 0 Å². The average Bonchev–Trinajstić information content (AvgIpc) is 3.40. The van der Waals surface area contributed by atoms with Crippen molar-refractivity contribution < 1.29 is 17.7 Å². The summed E-state index contributed by atoms with van der Waals surface area (Å²) in [5.74, 6) is 0.487. The second-order valence-corrected chi connectivity index (χ2v) is 7.16.